The van der Waals surface area contributed by atoms with Crippen LogP contribution in [0.25, 0.3) is 21.8 Å². The molecule has 2 aromatic heterocycles. The number of H-pyrrole nitrogens is 2. The summed E-state index contributed by atoms with van der Waals surface area (Å²) >= 11 is 0. The summed E-state index contributed by atoms with van der Waals surface area (Å²) in [4.78, 5) is 23.7. The lowest BCUT2D eigenvalue weighted by Gasteiger charge is -2.02. The molecule has 4 rings (SSSR count). The zero-order valence-electron chi connectivity index (χ0n) is 13.3. The summed E-state index contributed by atoms with van der Waals surface area (Å²) in [5.41, 5.74) is 1.66. The Hall–Kier alpha value is -3.94. The normalized spacial score (nSPS) is 11.2. The number of esters is 2. The predicted molar refractivity (Wildman–Crippen MR) is 92.6 cm³/mol. The van der Waals surface area contributed by atoms with Crippen molar-refractivity contribution in [2.45, 2.75) is 0 Å². The van der Waals surface area contributed by atoms with Crippen LogP contribution in [0, 0.1) is 0 Å². The summed E-state index contributed by atoms with van der Waals surface area (Å²) in [6, 6.07) is 10.1. The minimum absolute atomic E-state index is 0.354. The minimum Gasteiger partial charge on any atom is -0.423 e. The number of aromatic nitrogens is 4. The van der Waals surface area contributed by atoms with Crippen LogP contribution in [0.3, 0.4) is 0 Å². The standard InChI is InChI=1S/C18H12N4O4/c23-17(25-13-1-3-15-11(7-13)9-19-21-15)5-6-18(24)26-14-2-4-16-12(8-14)10-20-22-16/h1-10H,(H,19,21)(H,20,22)/b6-5+. The van der Waals surface area contributed by atoms with Crippen LogP contribution in [0.5, 0.6) is 11.5 Å². The quantitative estimate of drug-likeness (QED) is 0.333. The van der Waals surface area contributed by atoms with Crippen LogP contribution >= 0.6 is 0 Å². The number of hydrogen-bond acceptors (Lipinski definition) is 6. The Kier molecular flexibility index (Phi) is 3.91. The molecule has 0 aliphatic carbocycles. The van der Waals surface area contributed by atoms with Crippen molar-refractivity contribution in [1.29, 1.82) is 0 Å². The zero-order chi connectivity index (χ0) is 17.9. The Bertz CT molecular complexity index is 1050. The zero-order valence-corrected chi connectivity index (χ0v) is 13.3. The summed E-state index contributed by atoms with van der Waals surface area (Å²) < 4.78 is 10.3. The summed E-state index contributed by atoms with van der Waals surface area (Å²) in [6.07, 6.45) is 5.27. The third-order valence-electron chi connectivity index (χ3n) is 3.62. The first-order valence-corrected chi connectivity index (χ1v) is 7.65. The minimum atomic E-state index is -0.685. The molecule has 4 aromatic rings. The number of fused-ring (bicyclic) bond motifs is 2. The van der Waals surface area contributed by atoms with Crippen molar-refractivity contribution < 1.29 is 19.1 Å². The van der Waals surface area contributed by atoms with E-state index in [-0.39, 0.29) is 0 Å². The number of benzene rings is 2. The lowest BCUT2D eigenvalue weighted by molar-refractivity contribution is -0.131. The Morgan fingerprint density at radius 2 is 1.23 bits per heavy atom. The van der Waals surface area contributed by atoms with Crippen molar-refractivity contribution in [2.24, 2.45) is 0 Å². The van der Waals surface area contributed by atoms with E-state index in [4.69, 9.17) is 9.47 Å². The summed E-state index contributed by atoms with van der Waals surface area (Å²) in [5.74, 6) is -0.662. The molecule has 0 unspecified atom stereocenters. The molecule has 2 aromatic carbocycles. The van der Waals surface area contributed by atoms with E-state index in [1.165, 1.54) is 0 Å². The van der Waals surface area contributed by atoms with Gasteiger partial charge in [-0.05, 0) is 36.4 Å². The maximum absolute atomic E-state index is 11.8. The third-order valence-corrected chi connectivity index (χ3v) is 3.62. The summed E-state index contributed by atoms with van der Waals surface area (Å²) in [7, 11) is 0. The second kappa shape index (κ2) is 6.52. The van der Waals surface area contributed by atoms with Gasteiger partial charge < -0.3 is 9.47 Å². The van der Waals surface area contributed by atoms with Gasteiger partial charge in [-0.3, -0.25) is 10.2 Å². The second-order valence-electron chi connectivity index (χ2n) is 5.41. The van der Waals surface area contributed by atoms with Gasteiger partial charge in [-0.1, -0.05) is 0 Å². The average molecular weight is 348 g/mol. The number of nitrogens with zero attached hydrogens (tertiary/aromatic N) is 2. The largest absolute Gasteiger partial charge is 0.423 e. The van der Waals surface area contributed by atoms with Crippen molar-refractivity contribution in [3.8, 4) is 11.5 Å². The molecule has 8 nitrogen and oxygen atoms in total. The molecule has 0 spiro atoms. The van der Waals surface area contributed by atoms with Gasteiger partial charge in [0.05, 0.1) is 23.4 Å². The molecular formula is C18H12N4O4. The number of carbonyl (C=O) groups excluding carboxylic acids is 2. The highest BCUT2D eigenvalue weighted by molar-refractivity contribution is 5.94. The molecule has 2 N–H and O–H groups in total. The third kappa shape index (κ3) is 3.29. The fourth-order valence-electron chi connectivity index (χ4n) is 2.41. The van der Waals surface area contributed by atoms with Crippen LogP contribution in [0.1, 0.15) is 0 Å². The lowest BCUT2D eigenvalue weighted by atomic mass is 10.2. The average Bonchev–Trinajstić information content (AvgIpc) is 3.28. The van der Waals surface area contributed by atoms with Crippen molar-refractivity contribution in [1.82, 2.24) is 20.4 Å². The van der Waals surface area contributed by atoms with Crippen LogP contribution in [0.15, 0.2) is 60.9 Å². The van der Waals surface area contributed by atoms with Crippen molar-refractivity contribution in [3.63, 3.8) is 0 Å². The van der Waals surface area contributed by atoms with Crippen LogP contribution < -0.4 is 9.47 Å². The molecule has 128 valence electrons. The highest BCUT2D eigenvalue weighted by Crippen LogP contribution is 2.20. The van der Waals surface area contributed by atoms with Gasteiger partial charge >= 0.3 is 11.9 Å². The number of aromatic amines is 2. The van der Waals surface area contributed by atoms with Crippen LogP contribution in [0.2, 0.25) is 0 Å². The van der Waals surface area contributed by atoms with Gasteiger partial charge in [0.25, 0.3) is 0 Å². The first kappa shape index (κ1) is 15.6. The van der Waals surface area contributed by atoms with E-state index in [9.17, 15) is 9.59 Å². The molecule has 0 saturated heterocycles. The number of carbonyl (C=O) groups is 2. The molecule has 0 fully saturated rings. The molecule has 0 bridgehead atoms. The van der Waals surface area contributed by atoms with Gasteiger partial charge in [0.2, 0.25) is 0 Å². The fraction of sp³-hybridized carbons (Fsp3) is 0. The topological polar surface area (TPSA) is 110 Å². The smallest absolute Gasteiger partial charge is 0.336 e. The molecule has 0 radical (unpaired) electrons. The number of ether oxygens (including phenoxy) is 2. The molecular weight excluding hydrogens is 336 g/mol. The lowest BCUT2D eigenvalue weighted by Crippen LogP contribution is -2.08. The number of nitrogens with one attached hydrogen (secondary N) is 2. The monoisotopic (exact) mass is 348 g/mol. The van der Waals surface area contributed by atoms with Gasteiger partial charge in [0.15, 0.2) is 0 Å². The maximum Gasteiger partial charge on any atom is 0.336 e. The first-order chi connectivity index (χ1) is 12.7. The van der Waals surface area contributed by atoms with Gasteiger partial charge in [0.1, 0.15) is 11.5 Å². The van der Waals surface area contributed by atoms with Gasteiger partial charge in [-0.15, -0.1) is 0 Å². The van der Waals surface area contributed by atoms with Gasteiger partial charge in [0, 0.05) is 22.9 Å². The van der Waals surface area contributed by atoms with E-state index in [2.05, 4.69) is 20.4 Å². The molecule has 0 amide bonds. The van der Waals surface area contributed by atoms with E-state index in [1.54, 1.807) is 48.8 Å². The first-order valence-electron chi connectivity index (χ1n) is 7.65. The van der Waals surface area contributed by atoms with E-state index < -0.39 is 11.9 Å². The van der Waals surface area contributed by atoms with Crippen molar-refractivity contribution in [2.75, 3.05) is 0 Å². The van der Waals surface area contributed by atoms with E-state index in [1.807, 2.05) is 0 Å². The van der Waals surface area contributed by atoms with E-state index in [0.717, 1.165) is 34.0 Å². The molecule has 8 heteroatoms. The SMILES string of the molecule is O=C(/C=C/C(=O)Oc1ccc2[nH]ncc2c1)Oc1ccc2[nH]ncc2c1. The van der Waals surface area contributed by atoms with E-state index in [0.29, 0.717) is 11.5 Å². The van der Waals surface area contributed by atoms with Crippen molar-refractivity contribution in [3.05, 3.63) is 60.9 Å². The highest BCUT2D eigenvalue weighted by atomic mass is 16.5. The van der Waals surface area contributed by atoms with E-state index >= 15 is 0 Å². The molecule has 0 aliphatic rings. The van der Waals surface area contributed by atoms with Crippen molar-refractivity contribution >= 4 is 33.7 Å². The van der Waals surface area contributed by atoms with Crippen LogP contribution in [-0.4, -0.2) is 32.3 Å². The Labute approximate surface area is 146 Å². The molecule has 0 saturated carbocycles. The second-order valence-corrected chi connectivity index (χ2v) is 5.41. The molecule has 2 heterocycles. The number of hydrogen-bond donors (Lipinski definition) is 2. The highest BCUT2D eigenvalue weighted by Gasteiger charge is 2.06. The molecule has 0 aliphatic heterocycles. The Balaban J connectivity index is 1.38. The molecule has 0 atom stereocenters. The van der Waals surface area contributed by atoms with Gasteiger partial charge in [-0.25, -0.2) is 9.59 Å². The Morgan fingerprint density at radius 1 is 0.769 bits per heavy atom. The van der Waals surface area contributed by atoms with Crippen LogP contribution in [0.4, 0.5) is 0 Å². The Morgan fingerprint density at radius 3 is 1.69 bits per heavy atom. The maximum atomic E-state index is 11.8. The molecule has 26 heavy (non-hydrogen) atoms. The predicted octanol–water partition coefficient (Wildman–Crippen LogP) is 2.51. The fourth-order valence-corrected chi connectivity index (χ4v) is 2.41. The number of rotatable bonds is 4. The summed E-state index contributed by atoms with van der Waals surface area (Å²) in [6.45, 7) is 0. The van der Waals surface area contributed by atoms with Gasteiger partial charge in [-0.2, -0.15) is 10.2 Å². The summed E-state index contributed by atoms with van der Waals surface area (Å²) in [5, 5.41) is 15.0. The van der Waals surface area contributed by atoms with Crippen LogP contribution in [-0.2, 0) is 9.59 Å².